The molecule has 0 aromatic heterocycles. The van der Waals surface area contributed by atoms with Crippen LogP contribution in [0.3, 0.4) is 0 Å². The van der Waals surface area contributed by atoms with E-state index in [4.69, 9.17) is 4.74 Å². The van der Waals surface area contributed by atoms with E-state index in [9.17, 15) is 39.6 Å². The first kappa shape index (κ1) is 27.7. The maximum Gasteiger partial charge on any atom is 0.336 e. The van der Waals surface area contributed by atoms with Gasteiger partial charge in [0.1, 0.15) is 6.10 Å². The van der Waals surface area contributed by atoms with Crippen molar-refractivity contribution in [2.24, 2.45) is 5.92 Å². The van der Waals surface area contributed by atoms with Crippen LogP contribution in [0.15, 0.2) is 30.3 Å². The lowest BCUT2D eigenvalue weighted by Crippen LogP contribution is -2.78. The van der Waals surface area contributed by atoms with Gasteiger partial charge < -0.3 is 35.8 Å². The summed E-state index contributed by atoms with van der Waals surface area (Å²) in [6, 6.07) is 6.16. The average molecular weight is 592 g/mol. The second-order valence-corrected chi connectivity index (χ2v) is 12.6. The van der Waals surface area contributed by atoms with Crippen LogP contribution < -0.4 is 15.4 Å². The first-order valence-corrected chi connectivity index (χ1v) is 14.7. The Morgan fingerprint density at radius 2 is 1.77 bits per heavy atom. The van der Waals surface area contributed by atoms with Crippen LogP contribution in [-0.2, 0) is 16.6 Å². The summed E-state index contributed by atoms with van der Waals surface area (Å²) in [5, 5.41) is 47.3. The second kappa shape index (κ2) is 9.68. The molecule has 43 heavy (non-hydrogen) atoms. The molecule has 2 amide bonds. The van der Waals surface area contributed by atoms with E-state index in [1.807, 2.05) is 6.07 Å². The van der Waals surface area contributed by atoms with Crippen LogP contribution in [0.2, 0.25) is 0 Å². The van der Waals surface area contributed by atoms with E-state index < -0.39 is 64.6 Å². The van der Waals surface area contributed by atoms with Crippen molar-refractivity contribution >= 4 is 23.8 Å². The summed E-state index contributed by atoms with van der Waals surface area (Å²) in [7, 11) is 0. The van der Waals surface area contributed by atoms with Gasteiger partial charge in [0.25, 0.3) is 5.91 Å². The van der Waals surface area contributed by atoms with Crippen molar-refractivity contribution in [2.75, 3.05) is 19.6 Å². The summed E-state index contributed by atoms with van der Waals surface area (Å²) in [5.74, 6) is -3.10. The van der Waals surface area contributed by atoms with E-state index in [0.717, 1.165) is 36.3 Å². The average Bonchev–Trinajstić information content (AvgIpc) is 3.72. The molecule has 3 aliphatic carbocycles. The second-order valence-electron chi connectivity index (χ2n) is 12.6. The van der Waals surface area contributed by atoms with Crippen molar-refractivity contribution in [1.29, 1.82) is 0 Å². The lowest BCUT2D eigenvalue weighted by molar-refractivity contribution is -0.192. The number of hydrogen-bond acceptors (Lipinski definition) is 8. The minimum atomic E-state index is -1.49. The smallest absolute Gasteiger partial charge is 0.336 e. The molecule has 2 bridgehead atoms. The fraction of sp³-hybridized carbons (Fsp3) is 0.484. The summed E-state index contributed by atoms with van der Waals surface area (Å²) in [6.45, 7) is 1.33. The number of rotatable bonds is 8. The normalized spacial score (nSPS) is 30.1. The molecule has 0 unspecified atom stereocenters. The Morgan fingerprint density at radius 3 is 2.49 bits per heavy atom. The number of aliphatic hydroxyl groups is 1. The van der Waals surface area contributed by atoms with Crippen molar-refractivity contribution in [2.45, 2.75) is 67.7 Å². The van der Waals surface area contributed by atoms with Crippen LogP contribution in [0, 0.1) is 5.92 Å². The van der Waals surface area contributed by atoms with Crippen molar-refractivity contribution in [3.05, 3.63) is 58.1 Å². The number of carboxylic acids is 2. The van der Waals surface area contributed by atoms with Crippen molar-refractivity contribution in [1.82, 2.24) is 15.5 Å². The number of hydrogen-bond donors (Lipinski definition) is 6. The number of phenolic OH excluding ortho intramolecular Hbond substituents is 1. The Kier molecular flexibility index (Phi) is 6.23. The highest BCUT2D eigenvalue weighted by atomic mass is 16.5. The molecule has 2 saturated carbocycles. The standard InChI is InChI=1S/C31H33N3O9/c35-21-6-4-16-12-22-31(42)8-7-20(26-30(31,24(16)25(21)43-26)9-10-34(22)14-15-1-2-15)33-23(36)13-32-27(37)17-3-5-18(28(38)39)19(11-17)29(40)41/h3-6,11,15,20,22,26,35,42H,1-2,7-10,12-14H2,(H,32,37)(H,33,36)(H,38,39)(H,40,41)/t20-,22-,26+,30+,31-/m1/s1. The Labute approximate surface area is 246 Å². The quantitative estimate of drug-likeness (QED) is 0.261. The predicted octanol–water partition coefficient (Wildman–Crippen LogP) is 1.27. The number of likely N-dealkylation sites (tertiary alicyclic amines) is 1. The number of nitrogens with zero attached hydrogens (tertiary/aromatic N) is 1. The van der Waals surface area contributed by atoms with Crippen LogP contribution in [0.5, 0.6) is 11.5 Å². The van der Waals surface area contributed by atoms with Crippen LogP contribution in [0.25, 0.3) is 0 Å². The van der Waals surface area contributed by atoms with Crippen LogP contribution >= 0.6 is 0 Å². The summed E-state index contributed by atoms with van der Waals surface area (Å²) in [4.78, 5) is 51.1. The molecule has 6 N–H and O–H groups in total. The van der Waals surface area contributed by atoms with Gasteiger partial charge in [0.15, 0.2) is 11.5 Å². The van der Waals surface area contributed by atoms with Gasteiger partial charge in [-0.2, -0.15) is 0 Å². The summed E-state index contributed by atoms with van der Waals surface area (Å²) in [6.07, 6.45) is 4.00. The molecule has 2 aliphatic heterocycles. The molecule has 1 spiro atoms. The van der Waals surface area contributed by atoms with Gasteiger partial charge in [-0.15, -0.1) is 0 Å². The molecule has 0 radical (unpaired) electrons. The third-order valence-electron chi connectivity index (χ3n) is 10.3. The zero-order chi connectivity index (χ0) is 30.3. The van der Waals surface area contributed by atoms with Crippen LogP contribution in [-0.4, -0.2) is 92.5 Å². The number of carboxylic acid groups (broad SMARTS) is 2. The van der Waals surface area contributed by atoms with Crippen LogP contribution in [0.4, 0.5) is 0 Å². The number of phenols is 1. The fourth-order valence-electron chi connectivity index (χ4n) is 8.20. The number of nitrogens with one attached hydrogen (secondary N) is 2. The number of carbonyl (C=O) groups is 4. The molecule has 226 valence electrons. The minimum absolute atomic E-state index is 0.00993. The Bertz CT molecular complexity index is 1570. The van der Waals surface area contributed by atoms with E-state index >= 15 is 0 Å². The molecule has 5 atom stereocenters. The highest BCUT2D eigenvalue weighted by Crippen LogP contribution is 2.65. The molecule has 5 aliphatic rings. The molecule has 12 heteroatoms. The molecule has 12 nitrogen and oxygen atoms in total. The number of aromatic carboxylic acids is 2. The van der Waals surface area contributed by atoms with E-state index in [0.29, 0.717) is 37.4 Å². The van der Waals surface area contributed by atoms with Crippen LogP contribution in [0.1, 0.15) is 74.3 Å². The van der Waals surface area contributed by atoms with Gasteiger partial charge in [-0.1, -0.05) is 6.07 Å². The van der Waals surface area contributed by atoms with Crippen molar-refractivity contribution in [3.63, 3.8) is 0 Å². The first-order valence-electron chi connectivity index (χ1n) is 14.7. The molecule has 2 heterocycles. The summed E-state index contributed by atoms with van der Waals surface area (Å²) in [5.41, 5.74) is -1.05. The number of amides is 2. The van der Waals surface area contributed by atoms with Gasteiger partial charge in [0.05, 0.1) is 34.7 Å². The third kappa shape index (κ3) is 4.10. The minimum Gasteiger partial charge on any atom is -0.504 e. The molecular weight excluding hydrogens is 558 g/mol. The molecule has 7 rings (SSSR count). The highest BCUT2D eigenvalue weighted by molar-refractivity contribution is 6.05. The van der Waals surface area contributed by atoms with Crippen molar-refractivity contribution in [3.8, 4) is 11.5 Å². The number of ether oxygens (including phenoxy) is 1. The number of piperidine rings is 1. The monoisotopic (exact) mass is 591 g/mol. The number of aromatic hydroxyl groups is 1. The predicted molar refractivity (Wildman–Crippen MR) is 149 cm³/mol. The molecular formula is C31H33N3O9. The molecule has 3 fully saturated rings. The molecule has 2 aromatic rings. The van der Waals surface area contributed by atoms with Gasteiger partial charge in [0.2, 0.25) is 5.91 Å². The zero-order valence-corrected chi connectivity index (χ0v) is 23.3. The maximum atomic E-state index is 13.1. The Morgan fingerprint density at radius 1 is 1.00 bits per heavy atom. The first-order chi connectivity index (χ1) is 20.5. The van der Waals surface area contributed by atoms with Gasteiger partial charge in [-0.3, -0.25) is 14.5 Å². The van der Waals surface area contributed by atoms with E-state index in [2.05, 4.69) is 15.5 Å². The largest absolute Gasteiger partial charge is 0.504 e. The lowest BCUT2D eigenvalue weighted by atomic mass is 9.48. The highest BCUT2D eigenvalue weighted by Gasteiger charge is 2.73. The fourth-order valence-corrected chi connectivity index (χ4v) is 8.20. The molecule has 2 aromatic carbocycles. The SMILES string of the molecule is O=C(CNC(=O)c1ccc(C(=O)O)c(C(=O)O)c1)N[C@@H]1CC[C@@]2(O)[C@H]3Cc4ccc(O)c5c4[C@@]2(CCN3CC2CC2)[C@H]1O5. The number of benzene rings is 2. The Hall–Kier alpha value is -4.16. The Balaban J connectivity index is 1.10. The topological polar surface area (TPSA) is 186 Å². The van der Waals surface area contributed by atoms with Gasteiger partial charge in [-0.05, 0) is 80.8 Å². The van der Waals surface area contributed by atoms with E-state index in [1.54, 1.807) is 6.07 Å². The third-order valence-corrected chi connectivity index (χ3v) is 10.3. The van der Waals surface area contributed by atoms with Crippen molar-refractivity contribution < 1.29 is 44.3 Å². The van der Waals surface area contributed by atoms with Gasteiger partial charge in [-0.25, -0.2) is 9.59 Å². The maximum absolute atomic E-state index is 13.1. The van der Waals surface area contributed by atoms with Gasteiger partial charge >= 0.3 is 11.9 Å². The van der Waals surface area contributed by atoms with E-state index in [1.165, 1.54) is 18.9 Å². The van der Waals surface area contributed by atoms with Gasteiger partial charge in [0, 0.05) is 23.7 Å². The number of carbonyl (C=O) groups excluding carboxylic acids is 2. The molecule has 1 saturated heterocycles. The zero-order valence-electron chi connectivity index (χ0n) is 23.3. The summed E-state index contributed by atoms with van der Waals surface area (Å²) < 4.78 is 6.44. The van der Waals surface area contributed by atoms with E-state index in [-0.39, 0.29) is 17.4 Å². The lowest BCUT2D eigenvalue weighted by Gasteiger charge is -2.64. The summed E-state index contributed by atoms with van der Waals surface area (Å²) >= 11 is 0.